The lowest BCUT2D eigenvalue weighted by molar-refractivity contribution is 0.626. The van der Waals surface area contributed by atoms with Gasteiger partial charge in [0, 0.05) is 19.3 Å². The minimum absolute atomic E-state index is 0.0465. The standard InChI is InChI=1S/C13H15FN4/c1-9(10-3-5-11(14)6-4-10)17-12-7-8-16-13(15-2)18-12/h3-9H,1-2H3,(H2,15,16,17,18). The predicted molar refractivity (Wildman–Crippen MR) is 70.0 cm³/mol. The molecule has 1 atom stereocenters. The highest BCUT2D eigenvalue weighted by molar-refractivity contribution is 5.41. The Kier molecular flexibility index (Phi) is 3.72. The van der Waals surface area contributed by atoms with Crippen LogP contribution in [0, 0.1) is 5.82 Å². The highest BCUT2D eigenvalue weighted by Gasteiger charge is 2.06. The Labute approximate surface area is 105 Å². The van der Waals surface area contributed by atoms with Crippen LogP contribution in [-0.2, 0) is 0 Å². The quantitative estimate of drug-likeness (QED) is 0.871. The minimum Gasteiger partial charge on any atom is -0.363 e. The summed E-state index contributed by atoms with van der Waals surface area (Å²) in [5.74, 6) is 1.06. The molecule has 0 amide bonds. The third-order valence-electron chi connectivity index (χ3n) is 2.61. The molecule has 2 N–H and O–H groups in total. The molecule has 1 heterocycles. The summed E-state index contributed by atoms with van der Waals surface area (Å²) in [5, 5.41) is 6.11. The topological polar surface area (TPSA) is 49.8 Å². The molecule has 0 saturated carbocycles. The van der Waals surface area contributed by atoms with Gasteiger partial charge in [0.05, 0.1) is 0 Å². The Balaban J connectivity index is 2.10. The average Bonchev–Trinajstić information content (AvgIpc) is 2.39. The van der Waals surface area contributed by atoms with Gasteiger partial charge in [-0.05, 0) is 30.7 Å². The lowest BCUT2D eigenvalue weighted by Crippen LogP contribution is -2.09. The van der Waals surface area contributed by atoms with Gasteiger partial charge in [-0.2, -0.15) is 4.98 Å². The van der Waals surface area contributed by atoms with Crippen molar-refractivity contribution in [2.75, 3.05) is 17.7 Å². The predicted octanol–water partition coefficient (Wildman–Crippen LogP) is 2.83. The highest BCUT2D eigenvalue weighted by atomic mass is 19.1. The number of benzene rings is 1. The summed E-state index contributed by atoms with van der Waals surface area (Å²) in [7, 11) is 1.77. The van der Waals surface area contributed by atoms with Crippen LogP contribution in [-0.4, -0.2) is 17.0 Å². The summed E-state index contributed by atoms with van der Waals surface area (Å²) in [5.41, 5.74) is 1.00. The van der Waals surface area contributed by atoms with Gasteiger partial charge in [-0.25, -0.2) is 9.37 Å². The average molecular weight is 246 g/mol. The van der Waals surface area contributed by atoms with Crippen molar-refractivity contribution >= 4 is 11.8 Å². The Bertz CT molecular complexity index is 513. The fourth-order valence-electron chi connectivity index (χ4n) is 1.62. The van der Waals surface area contributed by atoms with Gasteiger partial charge in [0.25, 0.3) is 0 Å². The first kappa shape index (κ1) is 12.3. The van der Waals surface area contributed by atoms with Crippen LogP contribution in [0.1, 0.15) is 18.5 Å². The fourth-order valence-corrected chi connectivity index (χ4v) is 1.62. The number of hydrogen-bond acceptors (Lipinski definition) is 4. The van der Waals surface area contributed by atoms with E-state index in [0.717, 1.165) is 11.4 Å². The molecule has 0 aliphatic rings. The van der Waals surface area contributed by atoms with Gasteiger partial charge in [0.15, 0.2) is 0 Å². The molecule has 94 valence electrons. The molecule has 0 spiro atoms. The third kappa shape index (κ3) is 2.94. The summed E-state index contributed by atoms with van der Waals surface area (Å²) in [6, 6.07) is 8.26. The molecule has 0 radical (unpaired) electrons. The molecule has 0 fully saturated rings. The van der Waals surface area contributed by atoms with E-state index in [1.165, 1.54) is 12.1 Å². The number of nitrogens with zero attached hydrogens (tertiary/aromatic N) is 2. The van der Waals surface area contributed by atoms with Crippen molar-refractivity contribution in [3.63, 3.8) is 0 Å². The molecular weight excluding hydrogens is 231 g/mol. The molecule has 1 aromatic carbocycles. The second kappa shape index (κ2) is 5.44. The van der Waals surface area contributed by atoms with E-state index >= 15 is 0 Å². The SMILES string of the molecule is CNc1nccc(NC(C)c2ccc(F)cc2)n1. The Morgan fingerprint density at radius 3 is 2.56 bits per heavy atom. The number of anilines is 2. The lowest BCUT2D eigenvalue weighted by atomic mass is 10.1. The monoisotopic (exact) mass is 246 g/mol. The van der Waals surface area contributed by atoms with Gasteiger partial charge in [0.2, 0.25) is 5.95 Å². The van der Waals surface area contributed by atoms with Crippen molar-refractivity contribution in [2.45, 2.75) is 13.0 Å². The van der Waals surface area contributed by atoms with E-state index in [9.17, 15) is 4.39 Å². The molecule has 2 rings (SSSR count). The van der Waals surface area contributed by atoms with E-state index in [0.29, 0.717) is 5.95 Å². The van der Waals surface area contributed by atoms with Crippen molar-refractivity contribution in [3.05, 3.63) is 47.9 Å². The van der Waals surface area contributed by atoms with Gasteiger partial charge < -0.3 is 10.6 Å². The molecule has 18 heavy (non-hydrogen) atoms. The summed E-state index contributed by atoms with van der Waals surface area (Å²) < 4.78 is 12.8. The zero-order valence-corrected chi connectivity index (χ0v) is 10.3. The maximum absolute atomic E-state index is 12.8. The van der Waals surface area contributed by atoms with Crippen LogP contribution in [0.3, 0.4) is 0 Å². The molecule has 5 heteroatoms. The Hall–Kier alpha value is -2.17. The molecule has 1 unspecified atom stereocenters. The van der Waals surface area contributed by atoms with Crippen LogP contribution in [0.25, 0.3) is 0 Å². The molecule has 0 bridgehead atoms. The second-order valence-electron chi connectivity index (χ2n) is 3.93. The first-order valence-electron chi connectivity index (χ1n) is 5.72. The molecule has 2 aromatic rings. The van der Waals surface area contributed by atoms with Crippen LogP contribution in [0.15, 0.2) is 36.5 Å². The smallest absolute Gasteiger partial charge is 0.224 e. The zero-order chi connectivity index (χ0) is 13.0. The zero-order valence-electron chi connectivity index (χ0n) is 10.3. The fraction of sp³-hybridized carbons (Fsp3) is 0.231. The van der Waals surface area contributed by atoms with E-state index in [2.05, 4.69) is 20.6 Å². The van der Waals surface area contributed by atoms with E-state index in [1.54, 1.807) is 31.4 Å². The van der Waals surface area contributed by atoms with Crippen molar-refractivity contribution in [3.8, 4) is 0 Å². The van der Waals surface area contributed by atoms with E-state index in [4.69, 9.17) is 0 Å². The van der Waals surface area contributed by atoms with E-state index in [-0.39, 0.29) is 11.9 Å². The van der Waals surface area contributed by atoms with E-state index in [1.807, 2.05) is 6.92 Å². The second-order valence-corrected chi connectivity index (χ2v) is 3.93. The summed E-state index contributed by atoms with van der Waals surface area (Å²) in [6.07, 6.45) is 1.68. The maximum atomic E-state index is 12.8. The Morgan fingerprint density at radius 1 is 1.17 bits per heavy atom. The number of rotatable bonds is 4. The van der Waals surface area contributed by atoms with Crippen LogP contribution >= 0.6 is 0 Å². The van der Waals surface area contributed by atoms with Gasteiger partial charge in [-0.3, -0.25) is 0 Å². The number of halogens is 1. The molecule has 4 nitrogen and oxygen atoms in total. The molecule has 0 aliphatic heterocycles. The first-order chi connectivity index (χ1) is 8.69. The van der Waals surface area contributed by atoms with Gasteiger partial charge in [0.1, 0.15) is 11.6 Å². The number of nitrogens with one attached hydrogen (secondary N) is 2. The molecule has 0 saturated heterocycles. The molecular formula is C13H15FN4. The molecule has 0 aliphatic carbocycles. The maximum Gasteiger partial charge on any atom is 0.224 e. The van der Waals surface area contributed by atoms with Crippen LogP contribution < -0.4 is 10.6 Å². The summed E-state index contributed by atoms with van der Waals surface area (Å²) in [6.45, 7) is 1.99. The third-order valence-corrected chi connectivity index (χ3v) is 2.61. The van der Waals surface area contributed by atoms with Crippen LogP contribution in [0.2, 0.25) is 0 Å². The normalized spacial score (nSPS) is 11.9. The summed E-state index contributed by atoms with van der Waals surface area (Å²) in [4.78, 5) is 8.30. The van der Waals surface area contributed by atoms with Gasteiger partial charge in [-0.15, -0.1) is 0 Å². The lowest BCUT2D eigenvalue weighted by Gasteiger charge is -2.15. The van der Waals surface area contributed by atoms with Crippen molar-refractivity contribution in [1.82, 2.24) is 9.97 Å². The van der Waals surface area contributed by atoms with Crippen molar-refractivity contribution in [2.24, 2.45) is 0 Å². The van der Waals surface area contributed by atoms with E-state index < -0.39 is 0 Å². The minimum atomic E-state index is -0.231. The molecule has 1 aromatic heterocycles. The highest BCUT2D eigenvalue weighted by Crippen LogP contribution is 2.18. The first-order valence-corrected chi connectivity index (χ1v) is 5.72. The van der Waals surface area contributed by atoms with Crippen LogP contribution in [0.5, 0.6) is 0 Å². The van der Waals surface area contributed by atoms with Crippen molar-refractivity contribution in [1.29, 1.82) is 0 Å². The van der Waals surface area contributed by atoms with Gasteiger partial charge >= 0.3 is 0 Å². The number of aromatic nitrogens is 2. The van der Waals surface area contributed by atoms with Gasteiger partial charge in [-0.1, -0.05) is 12.1 Å². The van der Waals surface area contributed by atoms with Crippen LogP contribution in [0.4, 0.5) is 16.2 Å². The Morgan fingerprint density at radius 2 is 1.89 bits per heavy atom. The largest absolute Gasteiger partial charge is 0.363 e. The summed E-state index contributed by atoms with van der Waals surface area (Å²) >= 11 is 0. The number of hydrogen-bond donors (Lipinski definition) is 2. The van der Waals surface area contributed by atoms with Crippen molar-refractivity contribution < 1.29 is 4.39 Å².